The van der Waals surface area contributed by atoms with Gasteiger partial charge in [-0.2, -0.15) is 0 Å². The number of nitrogens with one attached hydrogen (secondary N) is 3. The largest absolute Gasteiger partial charge is 0.488 e. The Balaban J connectivity index is 1.07. The summed E-state index contributed by atoms with van der Waals surface area (Å²) in [5.41, 5.74) is 7.22. The second-order valence-corrected chi connectivity index (χ2v) is 17.1. The molecule has 334 valence electrons. The van der Waals surface area contributed by atoms with Gasteiger partial charge in [-0.15, -0.1) is 0 Å². The summed E-state index contributed by atoms with van der Waals surface area (Å²) < 4.78 is 22.2. The molecule has 5 heterocycles. The van der Waals surface area contributed by atoms with Crippen LogP contribution in [0.15, 0.2) is 42.5 Å². The fraction of sp³-hybridized carbons (Fsp3) is 0.478. The normalized spacial score (nSPS) is 21.3. The molecule has 3 aromatic carbocycles. The number of benzene rings is 3. The van der Waals surface area contributed by atoms with Gasteiger partial charge >= 0.3 is 12.2 Å². The number of carbonyl (C=O) groups excluding carboxylic acids is 3. The molecule has 4 N–H and O–H groups in total. The average Bonchev–Trinajstić information content (AvgIpc) is 4.08. The number of H-pyrrole nitrogens is 2. The molecule has 0 bridgehead atoms. The quantitative estimate of drug-likeness (QED) is 0.108. The van der Waals surface area contributed by atoms with Gasteiger partial charge in [0.05, 0.1) is 53.8 Å². The van der Waals surface area contributed by atoms with E-state index in [1.54, 1.807) is 23.6 Å². The molecule has 5 aromatic rings. The van der Waals surface area contributed by atoms with E-state index in [2.05, 4.69) is 39.6 Å². The number of fused-ring (bicyclic) bond motifs is 6. The molecule has 3 aliphatic heterocycles. The molecule has 17 nitrogen and oxygen atoms in total. The molecule has 4 amide bonds. The summed E-state index contributed by atoms with van der Waals surface area (Å²) >= 11 is 0. The van der Waals surface area contributed by atoms with Crippen molar-refractivity contribution in [3.8, 4) is 28.1 Å². The Kier molecular flexibility index (Phi) is 11.8. The first kappa shape index (κ1) is 43.4. The maximum atomic E-state index is 14.1. The van der Waals surface area contributed by atoms with E-state index in [4.69, 9.17) is 28.9 Å². The number of amides is 4. The minimum absolute atomic E-state index is 0.0827. The number of carboxylic acid groups (broad SMARTS) is 1. The standard InChI is InChI=1S/C46H56N8O9/c1-22-10-16-34(53(22)43(55)38(25(4)60-7)51-45(57)62-9)41-47-24(3)37(49-41)28-12-14-30-29(18-28)21-63-36-20-31-27(19-32(30)36)13-15-33-39(31)50-42(48-33)35-17-11-23(2)54(35)44(56)40(26(5)61-8)52(6)46(58)59/h12-15,18-20,22-23,25-26,34-35,38,40H,10-11,16-17,21H2,1-9H3,(H,47,49)(H,48,50)(H,51,57)(H,58,59)/t22-,23-,25?,26+,34-,35-,38-,40-/m0/s1. The number of rotatable bonds is 11. The monoisotopic (exact) mass is 864 g/mol. The highest BCUT2D eigenvalue weighted by molar-refractivity contribution is 6.07. The predicted octanol–water partition coefficient (Wildman–Crippen LogP) is 6.85. The Labute approximate surface area is 365 Å². The minimum atomic E-state index is -1.20. The second kappa shape index (κ2) is 17.2. The lowest BCUT2D eigenvalue weighted by molar-refractivity contribution is -0.143. The summed E-state index contributed by atoms with van der Waals surface area (Å²) in [4.78, 5) is 74.0. The Bertz CT molecular complexity index is 2590. The first-order chi connectivity index (χ1) is 30.1. The lowest BCUT2D eigenvalue weighted by atomic mass is 9.92. The Morgan fingerprint density at radius 3 is 2.17 bits per heavy atom. The van der Waals surface area contributed by atoms with E-state index in [0.717, 1.165) is 78.9 Å². The summed E-state index contributed by atoms with van der Waals surface area (Å²) in [6, 6.07) is 11.6. The first-order valence-electron chi connectivity index (χ1n) is 21.4. The fourth-order valence-electron chi connectivity index (χ4n) is 9.74. The Morgan fingerprint density at radius 1 is 0.857 bits per heavy atom. The van der Waals surface area contributed by atoms with Crippen LogP contribution in [-0.4, -0.2) is 128 Å². The van der Waals surface area contributed by atoms with E-state index in [9.17, 15) is 24.3 Å². The van der Waals surface area contributed by atoms with E-state index in [-0.39, 0.29) is 36.0 Å². The zero-order chi connectivity index (χ0) is 45.0. The van der Waals surface area contributed by atoms with Crippen molar-refractivity contribution in [1.29, 1.82) is 0 Å². The lowest BCUT2D eigenvalue weighted by Gasteiger charge is -2.36. The molecule has 0 spiro atoms. The topological polar surface area (TPSA) is 205 Å². The van der Waals surface area contributed by atoms with Gasteiger partial charge in [-0.25, -0.2) is 19.6 Å². The lowest BCUT2D eigenvalue weighted by Crippen LogP contribution is -2.55. The second-order valence-electron chi connectivity index (χ2n) is 17.1. The van der Waals surface area contributed by atoms with E-state index >= 15 is 0 Å². The van der Waals surface area contributed by atoms with E-state index in [0.29, 0.717) is 31.1 Å². The van der Waals surface area contributed by atoms with Crippen LogP contribution in [0.4, 0.5) is 9.59 Å². The zero-order valence-electron chi connectivity index (χ0n) is 37.1. The van der Waals surface area contributed by atoms with E-state index < -0.39 is 36.5 Å². The molecular weight excluding hydrogens is 809 g/mol. The molecule has 2 fully saturated rings. The van der Waals surface area contributed by atoms with Crippen LogP contribution in [0.2, 0.25) is 0 Å². The third-order valence-corrected chi connectivity index (χ3v) is 13.4. The molecular formula is C46H56N8O9. The van der Waals surface area contributed by atoms with Gasteiger partial charge in [0.2, 0.25) is 11.8 Å². The molecule has 8 atom stereocenters. The highest BCUT2D eigenvalue weighted by Gasteiger charge is 2.45. The molecule has 2 saturated heterocycles. The van der Waals surface area contributed by atoms with Crippen LogP contribution in [0.1, 0.15) is 88.4 Å². The number of likely N-dealkylation sites (N-methyl/N-ethyl adjacent to an activating group) is 1. The maximum Gasteiger partial charge on any atom is 0.407 e. The van der Waals surface area contributed by atoms with E-state index in [1.807, 2.05) is 39.0 Å². The van der Waals surface area contributed by atoms with Gasteiger partial charge < -0.3 is 49.1 Å². The zero-order valence-corrected chi connectivity index (χ0v) is 37.1. The first-order valence-corrected chi connectivity index (χ1v) is 21.4. The number of hydrogen-bond acceptors (Lipinski definition) is 10. The highest BCUT2D eigenvalue weighted by atomic mass is 16.5. The average molecular weight is 865 g/mol. The SMILES string of the molecule is COC(=O)N[C@H](C(=O)N1[C@@H](C)CC[C@H]1c1nc(C)c(-c2ccc3c(c2)COc2cc4c(ccc5nc([C@@H]6CC[C@H](C)N6C(=O)[C@H]([C@@H](C)OC)N(C)C(=O)O)[nH]c54)cc2-3)[nH]1)C(C)OC. The van der Waals surface area contributed by atoms with Gasteiger partial charge in [-0.05, 0) is 101 Å². The van der Waals surface area contributed by atoms with Crippen LogP contribution in [0.3, 0.4) is 0 Å². The van der Waals surface area contributed by atoms with Gasteiger partial charge in [0.25, 0.3) is 0 Å². The third kappa shape index (κ3) is 7.70. The van der Waals surface area contributed by atoms with Crippen molar-refractivity contribution < 1.29 is 43.2 Å². The molecule has 2 aromatic heterocycles. The molecule has 8 rings (SSSR count). The van der Waals surface area contributed by atoms with Crippen LogP contribution in [0, 0.1) is 6.92 Å². The van der Waals surface area contributed by atoms with Crippen molar-refractivity contribution in [3.63, 3.8) is 0 Å². The van der Waals surface area contributed by atoms with Crippen molar-refractivity contribution in [2.24, 2.45) is 0 Å². The van der Waals surface area contributed by atoms with Gasteiger partial charge in [0.1, 0.15) is 36.1 Å². The minimum Gasteiger partial charge on any atom is -0.488 e. The number of hydrogen-bond donors (Lipinski definition) is 4. The van der Waals surface area contributed by atoms with Gasteiger partial charge in [-0.3, -0.25) is 14.5 Å². The Hall–Kier alpha value is -6.20. The number of methoxy groups -OCH3 is 3. The van der Waals surface area contributed by atoms with Gasteiger partial charge in [0.15, 0.2) is 0 Å². The van der Waals surface area contributed by atoms with Crippen molar-refractivity contribution in [3.05, 3.63) is 65.4 Å². The number of ether oxygens (including phenoxy) is 4. The predicted molar refractivity (Wildman–Crippen MR) is 234 cm³/mol. The number of aryl methyl sites for hydroxylation is 1. The van der Waals surface area contributed by atoms with Gasteiger partial charge in [-0.1, -0.05) is 18.2 Å². The van der Waals surface area contributed by atoms with Gasteiger partial charge in [0, 0.05) is 49.9 Å². The van der Waals surface area contributed by atoms with Crippen LogP contribution < -0.4 is 10.1 Å². The fourth-order valence-corrected chi connectivity index (χ4v) is 9.74. The number of imidazole rings is 2. The molecule has 3 aliphatic rings. The summed E-state index contributed by atoms with van der Waals surface area (Å²) in [6.45, 7) is 9.72. The summed E-state index contributed by atoms with van der Waals surface area (Å²) in [5, 5.41) is 14.4. The number of aromatic amines is 2. The molecule has 1 unspecified atom stereocenters. The number of carbonyl (C=O) groups is 4. The number of aromatic nitrogens is 4. The van der Waals surface area contributed by atoms with Crippen LogP contribution in [0.25, 0.3) is 44.2 Å². The molecule has 63 heavy (non-hydrogen) atoms. The van der Waals surface area contributed by atoms with Crippen molar-refractivity contribution in [1.82, 2.24) is 40.0 Å². The molecule has 0 radical (unpaired) electrons. The van der Waals surface area contributed by atoms with Crippen molar-refractivity contribution >= 4 is 45.8 Å². The van der Waals surface area contributed by atoms with Crippen LogP contribution in [-0.2, 0) is 30.4 Å². The van der Waals surface area contributed by atoms with Crippen LogP contribution in [0.5, 0.6) is 5.75 Å². The van der Waals surface area contributed by atoms with Crippen molar-refractivity contribution in [2.45, 2.75) is 115 Å². The summed E-state index contributed by atoms with van der Waals surface area (Å²) in [5.74, 6) is 1.49. The van der Waals surface area contributed by atoms with Crippen molar-refractivity contribution in [2.75, 3.05) is 28.4 Å². The van der Waals surface area contributed by atoms with Crippen LogP contribution >= 0.6 is 0 Å². The maximum absolute atomic E-state index is 14.1. The summed E-state index contributed by atoms with van der Waals surface area (Å²) in [7, 11) is 5.63. The number of nitrogens with zero attached hydrogens (tertiary/aromatic N) is 5. The number of likely N-dealkylation sites (tertiary alicyclic amines) is 2. The number of alkyl carbamates (subject to hydrolysis) is 1. The smallest absolute Gasteiger partial charge is 0.407 e. The Morgan fingerprint density at radius 2 is 1.52 bits per heavy atom. The third-order valence-electron chi connectivity index (χ3n) is 13.4. The molecule has 0 saturated carbocycles. The summed E-state index contributed by atoms with van der Waals surface area (Å²) in [6.07, 6.45) is -0.250. The molecule has 0 aliphatic carbocycles. The van der Waals surface area contributed by atoms with E-state index in [1.165, 1.54) is 28.4 Å². The highest BCUT2D eigenvalue weighted by Crippen LogP contribution is 2.44. The molecule has 17 heteroatoms.